The van der Waals surface area contributed by atoms with E-state index in [0.717, 1.165) is 11.8 Å². The van der Waals surface area contributed by atoms with E-state index >= 15 is 0 Å². The number of hydrogen-bond donors (Lipinski definition) is 0. The first-order valence-electron chi connectivity index (χ1n) is 18.3. The van der Waals surface area contributed by atoms with Crippen LogP contribution in [0, 0.1) is 11.8 Å². The zero-order valence-corrected chi connectivity index (χ0v) is 27.4. The molecule has 0 aromatic heterocycles. The van der Waals surface area contributed by atoms with Crippen molar-refractivity contribution in [1.29, 1.82) is 0 Å². The van der Waals surface area contributed by atoms with E-state index in [1.54, 1.807) is 11.1 Å². The minimum Gasteiger partial charge on any atom is -0.0619 e. The van der Waals surface area contributed by atoms with Crippen LogP contribution in [-0.4, -0.2) is 0 Å². The Balaban J connectivity index is 0.930. The van der Waals surface area contributed by atoms with E-state index in [1.807, 2.05) is 0 Å². The van der Waals surface area contributed by atoms with Gasteiger partial charge in [-0.05, 0) is 128 Å². The lowest BCUT2D eigenvalue weighted by atomic mass is 9.41. The van der Waals surface area contributed by atoms with Crippen molar-refractivity contribution < 1.29 is 0 Å². The van der Waals surface area contributed by atoms with Crippen LogP contribution in [0.4, 0.5) is 0 Å². The van der Waals surface area contributed by atoms with Crippen molar-refractivity contribution >= 4 is 0 Å². The predicted molar refractivity (Wildman–Crippen MR) is 197 cm³/mol. The zero-order valence-electron chi connectivity index (χ0n) is 27.4. The fourth-order valence-electron chi connectivity index (χ4n) is 12.0. The lowest BCUT2D eigenvalue weighted by Gasteiger charge is -2.63. The Morgan fingerprint density at radius 1 is 0.354 bits per heavy atom. The zero-order chi connectivity index (χ0) is 31.5. The van der Waals surface area contributed by atoms with Gasteiger partial charge in [-0.25, -0.2) is 0 Å². The molecule has 0 heterocycles. The number of benzene rings is 6. The molecule has 0 amide bonds. The molecule has 6 aromatic carbocycles. The van der Waals surface area contributed by atoms with Crippen LogP contribution < -0.4 is 0 Å². The quantitative estimate of drug-likeness (QED) is 0.185. The van der Waals surface area contributed by atoms with E-state index in [4.69, 9.17) is 0 Å². The maximum atomic E-state index is 2.54. The fourth-order valence-corrected chi connectivity index (χ4v) is 12.0. The molecule has 0 radical (unpaired) electrons. The summed E-state index contributed by atoms with van der Waals surface area (Å²) in [5.41, 5.74) is 18.1. The smallest absolute Gasteiger partial charge is 0.0352 e. The van der Waals surface area contributed by atoms with Gasteiger partial charge in [-0.2, -0.15) is 0 Å². The maximum absolute atomic E-state index is 2.54. The number of hydrogen-bond acceptors (Lipinski definition) is 0. The molecule has 0 saturated heterocycles. The van der Waals surface area contributed by atoms with Crippen LogP contribution in [0.1, 0.15) is 94.9 Å². The molecule has 0 N–H and O–H groups in total. The van der Waals surface area contributed by atoms with Gasteiger partial charge < -0.3 is 0 Å². The number of rotatable bonds is 4. The van der Waals surface area contributed by atoms with E-state index in [2.05, 4.69) is 146 Å². The summed E-state index contributed by atoms with van der Waals surface area (Å²) in [5.74, 6) is 2.33. The molecule has 4 saturated carbocycles. The molecule has 0 heteroatoms. The van der Waals surface area contributed by atoms with Gasteiger partial charge in [-0.3, -0.25) is 0 Å². The van der Waals surface area contributed by atoms with Crippen molar-refractivity contribution in [3.05, 3.63) is 190 Å². The molecule has 4 bridgehead atoms. The monoisotopic (exact) mass is 616 g/mol. The molecule has 0 aliphatic heterocycles. The van der Waals surface area contributed by atoms with Gasteiger partial charge >= 0.3 is 0 Å². The van der Waals surface area contributed by atoms with Gasteiger partial charge in [0.25, 0.3) is 0 Å². The van der Waals surface area contributed by atoms with Gasteiger partial charge in [0.05, 0.1) is 0 Å². The molecule has 6 aliphatic carbocycles. The summed E-state index contributed by atoms with van der Waals surface area (Å²) >= 11 is 0. The summed E-state index contributed by atoms with van der Waals surface area (Å²) in [5, 5.41) is 0. The van der Waals surface area contributed by atoms with Crippen molar-refractivity contribution in [2.24, 2.45) is 11.8 Å². The Labute approximate surface area is 284 Å². The van der Waals surface area contributed by atoms with Crippen LogP contribution in [0.15, 0.2) is 146 Å². The third kappa shape index (κ3) is 3.78. The van der Waals surface area contributed by atoms with Crippen LogP contribution in [0.25, 0.3) is 22.3 Å². The summed E-state index contributed by atoms with van der Waals surface area (Å²) in [6.07, 6.45) is 8.21. The molecule has 232 valence electrons. The fraction of sp³-hybridized carbons (Fsp3) is 0.250. The highest BCUT2D eigenvalue weighted by atomic mass is 14.6. The minimum absolute atomic E-state index is 0.302. The van der Waals surface area contributed by atoms with Crippen LogP contribution in [0.3, 0.4) is 0 Å². The highest BCUT2D eigenvalue weighted by Crippen LogP contribution is 2.66. The van der Waals surface area contributed by atoms with Crippen LogP contribution >= 0.6 is 0 Å². The van der Waals surface area contributed by atoms with Crippen molar-refractivity contribution in [3.63, 3.8) is 0 Å². The van der Waals surface area contributed by atoms with E-state index in [-0.39, 0.29) is 0 Å². The second kappa shape index (κ2) is 9.93. The molecule has 0 spiro atoms. The molecule has 0 nitrogen and oxygen atoms in total. The Bertz CT molecular complexity index is 1960. The molecule has 0 atom stereocenters. The van der Waals surface area contributed by atoms with Crippen LogP contribution in [0.5, 0.6) is 0 Å². The molecule has 6 aliphatic rings. The lowest BCUT2D eigenvalue weighted by Crippen LogP contribution is -2.55. The van der Waals surface area contributed by atoms with Gasteiger partial charge in [-0.1, -0.05) is 146 Å². The number of fused-ring (bicyclic) bond motifs is 6. The summed E-state index contributed by atoms with van der Waals surface area (Å²) in [7, 11) is 0. The Kier molecular flexibility index (Phi) is 5.64. The lowest BCUT2D eigenvalue weighted by molar-refractivity contribution is -0.0281. The standard InChI is InChI=1S/C48H40/c1-5-13-41-37(9-1)38-10-2-6-14-42(38)45(41)33-17-21-35(22-18-33)47-26-31-25-32(27-47)29-48(28-31,30-47)36-23-19-34(20-24-36)46-43-15-7-3-11-39(43)40-12-4-8-16-44(40)46/h1-24,31-32,45-46H,25-30H2. The minimum atomic E-state index is 0.302. The second-order valence-electron chi connectivity index (χ2n) is 16.0. The molecule has 0 unspecified atom stereocenters. The highest BCUT2D eigenvalue weighted by molar-refractivity contribution is 5.81. The van der Waals surface area contributed by atoms with Gasteiger partial charge in [-0.15, -0.1) is 0 Å². The third-order valence-electron chi connectivity index (χ3n) is 13.4. The summed E-state index contributed by atoms with van der Waals surface area (Å²) < 4.78 is 0. The first-order valence-corrected chi connectivity index (χ1v) is 18.3. The van der Waals surface area contributed by atoms with Gasteiger partial charge in [0, 0.05) is 11.8 Å². The summed E-state index contributed by atoms with van der Waals surface area (Å²) in [6, 6.07) is 56.2. The van der Waals surface area contributed by atoms with Crippen molar-refractivity contribution in [3.8, 4) is 22.3 Å². The average molecular weight is 617 g/mol. The maximum Gasteiger partial charge on any atom is 0.0352 e. The third-order valence-corrected chi connectivity index (χ3v) is 13.4. The molecular weight excluding hydrogens is 577 g/mol. The second-order valence-corrected chi connectivity index (χ2v) is 16.0. The van der Waals surface area contributed by atoms with E-state index in [0.29, 0.717) is 22.7 Å². The predicted octanol–water partition coefficient (Wildman–Crippen LogP) is 11.8. The molecule has 12 rings (SSSR count). The Morgan fingerprint density at radius 3 is 1.00 bits per heavy atom. The van der Waals surface area contributed by atoms with Gasteiger partial charge in [0.1, 0.15) is 0 Å². The van der Waals surface area contributed by atoms with Gasteiger partial charge in [0.15, 0.2) is 0 Å². The first-order chi connectivity index (χ1) is 23.7. The largest absolute Gasteiger partial charge is 0.0619 e. The van der Waals surface area contributed by atoms with Crippen molar-refractivity contribution in [1.82, 2.24) is 0 Å². The topological polar surface area (TPSA) is 0 Å². The highest BCUT2D eigenvalue weighted by Gasteiger charge is 2.58. The normalized spacial score (nSPS) is 26.2. The molecule has 4 fully saturated rings. The average Bonchev–Trinajstić information content (AvgIpc) is 3.65. The SMILES string of the molecule is c1ccc2c(c1)-c1ccccc1C2c1ccc(C23CC4CC(C2)CC(c2ccc(C5c6ccccc6-c6ccccc65)cc2)(C4)C3)cc1. The molecular formula is C48H40. The molecule has 6 aromatic rings. The van der Waals surface area contributed by atoms with Crippen LogP contribution in [-0.2, 0) is 10.8 Å². The van der Waals surface area contributed by atoms with E-state index < -0.39 is 0 Å². The Hall–Kier alpha value is -4.68. The first kappa shape index (κ1) is 27.3. The Morgan fingerprint density at radius 2 is 0.667 bits per heavy atom. The van der Waals surface area contributed by atoms with E-state index in [9.17, 15) is 0 Å². The van der Waals surface area contributed by atoms with E-state index in [1.165, 1.54) is 94.2 Å². The van der Waals surface area contributed by atoms with Crippen molar-refractivity contribution in [2.75, 3.05) is 0 Å². The summed E-state index contributed by atoms with van der Waals surface area (Å²) in [4.78, 5) is 0. The summed E-state index contributed by atoms with van der Waals surface area (Å²) in [6.45, 7) is 0. The van der Waals surface area contributed by atoms with Gasteiger partial charge in [0.2, 0.25) is 0 Å². The van der Waals surface area contributed by atoms with Crippen LogP contribution in [0.2, 0.25) is 0 Å². The molecule has 48 heavy (non-hydrogen) atoms. The van der Waals surface area contributed by atoms with Crippen molar-refractivity contribution in [2.45, 2.75) is 61.2 Å².